The predicted molar refractivity (Wildman–Crippen MR) is 186 cm³/mol. The van der Waals surface area contributed by atoms with Gasteiger partial charge in [0.2, 0.25) is 0 Å². The van der Waals surface area contributed by atoms with E-state index < -0.39 is 0 Å². The first kappa shape index (κ1) is 32.9. The van der Waals surface area contributed by atoms with Crippen molar-refractivity contribution >= 4 is 24.8 Å². The van der Waals surface area contributed by atoms with Crippen LogP contribution in [0.1, 0.15) is 84.6 Å². The number of benzene rings is 4. The first-order valence-electron chi connectivity index (χ1n) is 15.4. The molecular formula is C42H46Zr. The Morgan fingerprint density at radius 3 is 1.37 bits per heavy atom. The van der Waals surface area contributed by atoms with Gasteiger partial charge in [0.15, 0.2) is 0 Å². The van der Waals surface area contributed by atoms with Gasteiger partial charge in [-0.25, -0.2) is 11.1 Å². The Labute approximate surface area is 275 Å². The molecule has 43 heavy (non-hydrogen) atoms. The maximum atomic E-state index is 3.29. The van der Waals surface area contributed by atoms with E-state index in [1.165, 1.54) is 82.4 Å². The number of hydrogen-bond acceptors (Lipinski definition) is 0. The van der Waals surface area contributed by atoms with Gasteiger partial charge in [-0.2, -0.15) is 6.08 Å². The molecule has 1 unspecified atom stereocenters. The van der Waals surface area contributed by atoms with E-state index in [1.54, 1.807) is 0 Å². The van der Waals surface area contributed by atoms with E-state index >= 15 is 0 Å². The van der Waals surface area contributed by atoms with Crippen LogP contribution in [0.25, 0.3) is 21.5 Å². The second-order valence-corrected chi connectivity index (χ2v) is 15.0. The van der Waals surface area contributed by atoms with Crippen LogP contribution in [-0.4, -0.2) is 3.21 Å². The molecule has 218 valence electrons. The molecule has 5 aromatic rings. The van der Waals surface area contributed by atoms with Crippen molar-refractivity contribution in [3.63, 3.8) is 0 Å². The van der Waals surface area contributed by atoms with Gasteiger partial charge in [-0.3, -0.25) is 6.08 Å². The third kappa shape index (κ3) is 8.55. The fraction of sp³-hybridized carbons (Fsp3) is 0.286. The minimum atomic E-state index is 0.194. The average molecular weight is 642 g/mol. The van der Waals surface area contributed by atoms with Crippen molar-refractivity contribution in [1.82, 2.24) is 0 Å². The molecule has 0 spiro atoms. The van der Waals surface area contributed by atoms with Gasteiger partial charge in [0, 0.05) is 0 Å². The minimum absolute atomic E-state index is 0.194. The Balaban J connectivity index is 0.000000165. The van der Waals surface area contributed by atoms with Crippen molar-refractivity contribution in [2.24, 2.45) is 5.92 Å². The first-order valence-corrected chi connectivity index (χ1v) is 16.6. The van der Waals surface area contributed by atoms with Crippen molar-refractivity contribution in [3.8, 4) is 0 Å². The van der Waals surface area contributed by atoms with Crippen LogP contribution >= 0.6 is 0 Å². The summed E-state index contributed by atoms with van der Waals surface area (Å²) in [5, 5.41) is 5.49. The molecule has 1 aliphatic carbocycles. The molecule has 6 rings (SSSR count). The van der Waals surface area contributed by atoms with Crippen LogP contribution in [-0.2, 0) is 35.1 Å². The molecule has 0 fully saturated rings. The van der Waals surface area contributed by atoms with Gasteiger partial charge >= 0.3 is 99.2 Å². The van der Waals surface area contributed by atoms with Crippen molar-refractivity contribution in [3.05, 3.63) is 149 Å². The molecule has 0 saturated heterocycles. The second kappa shape index (κ2) is 13.7. The Bertz CT molecular complexity index is 1620. The Kier molecular flexibility index (Phi) is 10.5. The summed E-state index contributed by atoms with van der Waals surface area (Å²) >= 11 is 1.46. The molecule has 0 nitrogen and oxygen atoms in total. The van der Waals surface area contributed by atoms with Crippen molar-refractivity contribution in [2.45, 2.75) is 73.1 Å². The van der Waals surface area contributed by atoms with Crippen LogP contribution in [0.3, 0.4) is 0 Å². The summed E-state index contributed by atoms with van der Waals surface area (Å²) in [6.07, 6.45) is 5.52. The van der Waals surface area contributed by atoms with Gasteiger partial charge in [0.05, 0.1) is 0 Å². The normalized spacial score (nSPS) is 14.8. The Hall–Kier alpha value is -3.02. The predicted octanol–water partition coefficient (Wildman–Crippen LogP) is 11.4. The third-order valence-corrected chi connectivity index (χ3v) is 9.52. The van der Waals surface area contributed by atoms with Gasteiger partial charge in [-0.1, -0.05) is 96.7 Å². The average Bonchev–Trinajstić information content (AvgIpc) is 3.49. The molecule has 0 N–H and O–H groups in total. The van der Waals surface area contributed by atoms with E-state index in [-0.39, 0.29) is 10.8 Å². The van der Waals surface area contributed by atoms with Gasteiger partial charge in [-0.05, 0) is 10.8 Å². The number of fused-ring (bicyclic) bond motifs is 3. The van der Waals surface area contributed by atoms with Crippen LogP contribution in [0.15, 0.2) is 120 Å². The van der Waals surface area contributed by atoms with Gasteiger partial charge in [0.25, 0.3) is 0 Å². The molecule has 1 heteroatoms. The third-order valence-electron chi connectivity index (χ3n) is 8.10. The van der Waals surface area contributed by atoms with E-state index in [0.29, 0.717) is 5.92 Å². The molecular weight excluding hydrogens is 596 g/mol. The van der Waals surface area contributed by atoms with Crippen LogP contribution in [0.2, 0.25) is 0 Å². The molecule has 0 bridgehead atoms. The molecule has 0 saturated carbocycles. The zero-order chi connectivity index (χ0) is 31.4. The molecule has 1 aliphatic rings. The van der Waals surface area contributed by atoms with Crippen molar-refractivity contribution in [2.75, 3.05) is 0 Å². The molecule has 0 aromatic heterocycles. The summed E-state index contributed by atoms with van der Waals surface area (Å²) < 4.78 is 1.42. The first-order chi connectivity index (χ1) is 20.2. The fourth-order valence-corrected chi connectivity index (χ4v) is 6.12. The van der Waals surface area contributed by atoms with Crippen LogP contribution < -0.4 is 0 Å². The van der Waals surface area contributed by atoms with E-state index in [4.69, 9.17) is 0 Å². The SMILES string of the molecule is CC(C)(C)c1ccc2[cH-]c3ccc(C(C)(C)C)cc3c2c1.CC1=[C-]C(C)C=C1C.[Zr+2]=[C](c1ccccc1)c1ccccc1. The maximum absolute atomic E-state index is 3.29. The molecule has 0 radical (unpaired) electrons. The van der Waals surface area contributed by atoms with Gasteiger partial charge in [0.1, 0.15) is 0 Å². The van der Waals surface area contributed by atoms with Gasteiger partial charge in [-0.15, -0.1) is 46.7 Å². The van der Waals surface area contributed by atoms with E-state index in [0.717, 1.165) is 0 Å². The van der Waals surface area contributed by atoms with Crippen molar-refractivity contribution in [1.29, 1.82) is 0 Å². The topological polar surface area (TPSA) is 0 Å². The Morgan fingerprint density at radius 1 is 0.651 bits per heavy atom. The van der Waals surface area contributed by atoms with Crippen LogP contribution in [0.5, 0.6) is 0 Å². The van der Waals surface area contributed by atoms with E-state index in [1.807, 2.05) is 0 Å². The summed E-state index contributed by atoms with van der Waals surface area (Å²) in [5.41, 5.74) is 8.56. The second-order valence-electron chi connectivity index (χ2n) is 13.8. The summed E-state index contributed by atoms with van der Waals surface area (Å²) in [5.74, 6) is 0.551. The molecule has 0 amide bonds. The number of rotatable bonds is 2. The fourth-order valence-electron chi connectivity index (χ4n) is 5.30. The van der Waals surface area contributed by atoms with Crippen LogP contribution in [0.4, 0.5) is 0 Å². The van der Waals surface area contributed by atoms with E-state index in [9.17, 15) is 0 Å². The van der Waals surface area contributed by atoms with E-state index in [2.05, 4.69) is 178 Å². The van der Waals surface area contributed by atoms with Gasteiger partial charge < -0.3 is 0 Å². The summed E-state index contributed by atoms with van der Waals surface area (Å²) in [7, 11) is 0. The Morgan fingerprint density at radius 2 is 1.07 bits per heavy atom. The van der Waals surface area contributed by atoms with Crippen LogP contribution in [0, 0.1) is 12.0 Å². The standard InChI is InChI=1S/C21H25.C13H10.C8H11.Zr/c1-20(2,3)16-9-7-14-11-15-8-10-17(21(4,5)6)13-19(15)18(14)12-16;1-3-7-12(8-4-1)11-13-9-5-2-6-10-13;1-6-4-7(2)8(3)5-6;/h7-13H,1-6H3;1-10H;4,6H,1-3H3;/q-1;;-1;+2. The summed E-state index contributed by atoms with van der Waals surface area (Å²) in [6.45, 7) is 20.1. The summed E-state index contributed by atoms with van der Waals surface area (Å²) in [6, 6.07) is 37.3. The molecule has 0 heterocycles. The summed E-state index contributed by atoms with van der Waals surface area (Å²) in [4.78, 5) is 0. The number of allylic oxidation sites excluding steroid dienone is 4. The molecule has 0 aliphatic heterocycles. The number of hydrogen-bond donors (Lipinski definition) is 0. The molecule has 5 aromatic carbocycles. The zero-order valence-corrected chi connectivity index (χ0v) is 29.9. The quantitative estimate of drug-likeness (QED) is 0.168. The molecule has 1 atom stereocenters. The monoisotopic (exact) mass is 640 g/mol. The zero-order valence-electron chi connectivity index (χ0n) is 27.5. The van der Waals surface area contributed by atoms with Crippen molar-refractivity contribution < 1.29 is 24.2 Å².